The van der Waals surface area contributed by atoms with Crippen LogP contribution >= 0.6 is 15.9 Å². The van der Waals surface area contributed by atoms with Gasteiger partial charge in [0.1, 0.15) is 0 Å². The van der Waals surface area contributed by atoms with Gasteiger partial charge >= 0.3 is 0 Å². The zero-order valence-corrected chi connectivity index (χ0v) is 13.3. The van der Waals surface area contributed by atoms with Gasteiger partial charge in [-0.25, -0.2) is 0 Å². The Bertz CT molecular complexity index is 430. The zero-order chi connectivity index (χ0) is 13.9. The number of nitrogens with two attached hydrogens (primary N) is 1. The second kappa shape index (κ2) is 6.35. The molecule has 1 aliphatic heterocycles. The van der Waals surface area contributed by atoms with Crippen molar-refractivity contribution in [3.05, 3.63) is 33.8 Å². The summed E-state index contributed by atoms with van der Waals surface area (Å²) in [5.74, 6) is 0. The lowest BCUT2D eigenvalue weighted by Gasteiger charge is -2.27. The molecular formula is C15H23BrN2O. The molecule has 1 fully saturated rings. The van der Waals surface area contributed by atoms with Crippen LogP contribution in [0, 0.1) is 6.92 Å². The van der Waals surface area contributed by atoms with E-state index in [2.05, 4.69) is 53.3 Å². The molecule has 3 N–H and O–H groups in total. The van der Waals surface area contributed by atoms with Crippen LogP contribution in [0.2, 0.25) is 0 Å². The normalized spacial score (nSPS) is 24.6. The number of benzene rings is 1. The molecule has 0 radical (unpaired) electrons. The molecule has 0 spiro atoms. The van der Waals surface area contributed by atoms with E-state index in [0.29, 0.717) is 6.54 Å². The van der Waals surface area contributed by atoms with E-state index in [1.807, 2.05) is 0 Å². The van der Waals surface area contributed by atoms with Crippen LogP contribution in [0.4, 0.5) is 0 Å². The van der Waals surface area contributed by atoms with E-state index in [1.54, 1.807) is 0 Å². The van der Waals surface area contributed by atoms with Crippen molar-refractivity contribution in [2.45, 2.75) is 38.3 Å². The predicted molar refractivity (Wildman–Crippen MR) is 82.3 cm³/mol. The highest BCUT2D eigenvalue weighted by atomic mass is 79.9. The minimum absolute atomic E-state index is 0.0371. The van der Waals surface area contributed by atoms with E-state index in [1.165, 1.54) is 11.1 Å². The SMILES string of the molecule is Cc1ccc(C(CN)NCC2(C)CCCO2)c(Br)c1. The first-order valence-electron chi connectivity index (χ1n) is 6.87. The fraction of sp³-hybridized carbons (Fsp3) is 0.600. The highest BCUT2D eigenvalue weighted by molar-refractivity contribution is 9.10. The highest BCUT2D eigenvalue weighted by Crippen LogP contribution is 2.27. The molecular weight excluding hydrogens is 304 g/mol. The molecule has 1 aromatic rings. The maximum atomic E-state index is 5.92. The predicted octanol–water partition coefficient (Wildman–Crippen LogP) is 2.92. The van der Waals surface area contributed by atoms with Crippen LogP contribution in [-0.4, -0.2) is 25.3 Å². The molecule has 2 atom stereocenters. The topological polar surface area (TPSA) is 47.3 Å². The van der Waals surface area contributed by atoms with E-state index in [0.717, 1.165) is 30.5 Å². The van der Waals surface area contributed by atoms with Gasteiger partial charge in [-0.3, -0.25) is 0 Å². The summed E-state index contributed by atoms with van der Waals surface area (Å²) in [4.78, 5) is 0. The van der Waals surface area contributed by atoms with Gasteiger partial charge in [-0.1, -0.05) is 28.1 Å². The van der Waals surface area contributed by atoms with E-state index in [4.69, 9.17) is 10.5 Å². The number of hydrogen-bond donors (Lipinski definition) is 2. The van der Waals surface area contributed by atoms with Gasteiger partial charge in [-0.15, -0.1) is 0 Å². The maximum absolute atomic E-state index is 5.92. The quantitative estimate of drug-likeness (QED) is 0.874. The summed E-state index contributed by atoms with van der Waals surface area (Å²) in [6.45, 7) is 6.56. The molecule has 1 saturated heterocycles. The van der Waals surface area contributed by atoms with E-state index < -0.39 is 0 Å². The van der Waals surface area contributed by atoms with Crippen LogP contribution in [0.1, 0.15) is 36.9 Å². The van der Waals surface area contributed by atoms with Crippen molar-refractivity contribution >= 4 is 15.9 Å². The largest absolute Gasteiger partial charge is 0.374 e. The Morgan fingerprint density at radius 2 is 2.32 bits per heavy atom. The Kier molecular flexibility index (Phi) is 5.01. The van der Waals surface area contributed by atoms with Crippen molar-refractivity contribution in [1.29, 1.82) is 0 Å². The Morgan fingerprint density at radius 1 is 1.53 bits per heavy atom. The molecule has 106 valence electrons. The molecule has 4 heteroatoms. The molecule has 0 bridgehead atoms. The molecule has 1 aliphatic rings. The number of aryl methyl sites for hydroxylation is 1. The van der Waals surface area contributed by atoms with Crippen molar-refractivity contribution in [1.82, 2.24) is 5.32 Å². The molecule has 3 nitrogen and oxygen atoms in total. The maximum Gasteiger partial charge on any atom is 0.0779 e. The van der Waals surface area contributed by atoms with Gasteiger partial charge in [0.15, 0.2) is 0 Å². The lowest BCUT2D eigenvalue weighted by molar-refractivity contribution is 0.0189. The van der Waals surface area contributed by atoms with Crippen LogP contribution in [0.25, 0.3) is 0 Å². The average molecular weight is 327 g/mol. The highest BCUT2D eigenvalue weighted by Gasteiger charge is 2.30. The number of hydrogen-bond acceptors (Lipinski definition) is 3. The fourth-order valence-electron chi connectivity index (χ4n) is 2.55. The van der Waals surface area contributed by atoms with Crippen LogP contribution in [0.15, 0.2) is 22.7 Å². The molecule has 1 aromatic carbocycles. The van der Waals surface area contributed by atoms with Crippen LogP contribution in [-0.2, 0) is 4.74 Å². The van der Waals surface area contributed by atoms with Crippen LogP contribution < -0.4 is 11.1 Å². The summed E-state index contributed by atoms with van der Waals surface area (Å²) < 4.78 is 6.92. The summed E-state index contributed by atoms with van der Waals surface area (Å²) in [5.41, 5.74) is 8.34. The van der Waals surface area contributed by atoms with E-state index in [-0.39, 0.29) is 11.6 Å². The minimum Gasteiger partial charge on any atom is -0.374 e. The molecule has 2 unspecified atom stereocenters. The Labute approximate surface area is 124 Å². The fourth-order valence-corrected chi connectivity index (χ4v) is 3.32. The third-order valence-corrected chi connectivity index (χ3v) is 4.48. The number of rotatable bonds is 5. The van der Waals surface area contributed by atoms with E-state index >= 15 is 0 Å². The summed E-state index contributed by atoms with van der Waals surface area (Å²) in [5, 5.41) is 3.55. The van der Waals surface area contributed by atoms with Crippen molar-refractivity contribution in [2.75, 3.05) is 19.7 Å². The summed E-state index contributed by atoms with van der Waals surface area (Å²) in [7, 11) is 0. The Hall–Kier alpha value is -0.420. The van der Waals surface area contributed by atoms with Gasteiger partial charge in [-0.2, -0.15) is 0 Å². The van der Waals surface area contributed by atoms with E-state index in [9.17, 15) is 0 Å². The van der Waals surface area contributed by atoms with Gasteiger partial charge in [0.25, 0.3) is 0 Å². The van der Waals surface area contributed by atoms with Gasteiger partial charge in [0, 0.05) is 30.2 Å². The average Bonchev–Trinajstić information content (AvgIpc) is 2.79. The standard InChI is InChI=1S/C15H23BrN2O/c1-11-4-5-12(13(16)8-11)14(9-17)18-10-15(2)6-3-7-19-15/h4-5,8,14,18H,3,6-7,9-10,17H2,1-2H3. The van der Waals surface area contributed by atoms with Crippen molar-refractivity contribution < 1.29 is 4.74 Å². The van der Waals surface area contributed by atoms with Crippen LogP contribution in [0.3, 0.4) is 0 Å². The van der Waals surface area contributed by atoms with Gasteiger partial charge < -0.3 is 15.8 Å². The molecule has 1 heterocycles. The van der Waals surface area contributed by atoms with Gasteiger partial charge in [-0.05, 0) is 43.9 Å². The molecule has 0 aromatic heterocycles. The molecule has 0 saturated carbocycles. The van der Waals surface area contributed by atoms with Crippen LogP contribution in [0.5, 0.6) is 0 Å². The van der Waals surface area contributed by atoms with Crippen molar-refractivity contribution in [3.63, 3.8) is 0 Å². The molecule has 0 aliphatic carbocycles. The molecule has 2 rings (SSSR count). The summed E-state index contributed by atoms with van der Waals surface area (Å²) >= 11 is 3.63. The third kappa shape index (κ3) is 3.78. The monoisotopic (exact) mass is 326 g/mol. The van der Waals surface area contributed by atoms with Crippen molar-refractivity contribution in [2.24, 2.45) is 5.73 Å². The van der Waals surface area contributed by atoms with Crippen molar-refractivity contribution in [3.8, 4) is 0 Å². The first-order valence-corrected chi connectivity index (χ1v) is 7.67. The molecule has 0 amide bonds. The summed E-state index contributed by atoms with van der Waals surface area (Å²) in [6.07, 6.45) is 2.27. The second-order valence-corrected chi connectivity index (χ2v) is 6.45. The third-order valence-electron chi connectivity index (χ3n) is 3.79. The number of nitrogens with one attached hydrogen (secondary N) is 1. The second-order valence-electron chi connectivity index (χ2n) is 5.60. The van der Waals surface area contributed by atoms with Gasteiger partial charge in [0.2, 0.25) is 0 Å². The smallest absolute Gasteiger partial charge is 0.0779 e. The number of halogens is 1. The summed E-state index contributed by atoms with van der Waals surface area (Å²) in [6, 6.07) is 6.56. The zero-order valence-electron chi connectivity index (χ0n) is 11.7. The Morgan fingerprint density at radius 3 is 2.89 bits per heavy atom. The Balaban J connectivity index is 2.03. The first kappa shape index (κ1) is 15.0. The first-order chi connectivity index (χ1) is 9.04. The molecule has 19 heavy (non-hydrogen) atoms. The lowest BCUT2D eigenvalue weighted by atomic mass is 10.0. The number of ether oxygens (including phenoxy) is 1. The lowest BCUT2D eigenvalue weighted by Crippen LogP contribution is -2.41. The van der Waals surface area contributed by atoms with Gasteiger partial charge in [0.05, 0.1) is 5.60 Å². The minimum atomic E-state index is -0.0371.